The lowest BCUT2D eigenvalue weighted by Crippen LogP contribution is -2.25. The molecule has 2 aromatic rings. The van der Waals surface area contributed by atoms with Crippen LogP contribution < -0.4 is 15.6 Å². The maximum Gasteiger partial charge on any atom is 0.250 e. The molecule has 1 aromatic carbocycles. The van der Waals surface area contributed by atoms with Gasteiger partial charge in [-0.05, 0) is 50.1 Å². The molecule has 0 aliphatic heterocycles. The monoisotopic (exact) mass is 374 g/mol. The van der Waals surface area contributed by atoms with Gasteiger partial charge in [0.15, 0.2) is 0 Å². The quantitative estimate of drug-likeness (QED) is 0.568. The molecule has 0 aliphatic carbocycles. The third-order valence-corrected chi connectivity index (χ3v) is 3.70. The highest BCUT2D eigenvalue weighted by Gasteiger charge is 2.00. The number of rotatable bonds is 8. The van der Waals surface area contributed by atoms with Gasteiger partial charge < -0.3 is 14.6 Å². The summed E-state index contributed by atoms with van der Waals surface area (Å²) in [4.78, 5) is 23.5. The number of amides is 1. The number of nitrogens with zero attached hydrogens (tertiary/aromatic N) is 1. The van der Waals surface area contributed by atoms with Crippen molar-refractivity contribution in [3.63, 3.8) is 0 Å². The molecule has 0 unspecified atom stereocenters. The van der Waals surface area contributed by atoms with Gasteiger partial charge in [-0.2, -0.15) is 0 Å². The molecule has 0 saturated carbocycles. The van der Waals surface area contributed by atoms with Crippen LogP contribution >= 0.6 is 11.6 Å². The van der Waals surface area contributed by atoms with Crippen molar-refractivity contribution >= 4 is 23.6 Å². The van der Waals surface area contributed by atoms with Gasteiger partial charge >= 0.3 is 0 Å². The summed E-state index contributed by atoms with van der Waals surface area (Å²) < 4.78 is 7.16. The SMILES string of the molecule is CC(C)Oc1cccc(/C=C/C(=O)NCCCn2cc(Cl)ccc2=O)c1. The fraction of sp³-hybridized carbons (Fsp3) is 0.300. The molecule has 0 spiro atoms. The second-order valence-electron chi connectivity index (χ2n) is 6.10. The molecule has 6 heteroatoms. The van der Waals surface area contributed by atoms with E-state index >= 15 is 0 Å². The van der Waals surface area contributed by atoms with E-state index in [1.165, 1.54) is 16.7 Å². The lowest BCUT2D eigenvalue weighted by molar-refractivity contribution is -0.116. The lowest BCUT2D eigenvalue weighted by atomic mass is 10.2. The predicted molar refractivity (Wildman–Crippen MR) is 105 cm³/mol. The predicted octanol–water partition coefficient (Wildman–Crippen LogP) is 3.51. The molecule has 0 fully saturated rings. The Morgan fingerprint density at radius 3 is 2.88 bits per heavy atom. The van der Waals surface area contributed by atoms with Crippen molar-refractivity contribution in [2.45, 2.75) is 32.9 Å². The number of carbonyl (C=O) groups excluding carboxylic acids is 1. The normalized spacial score (nSPS) is 11.1. The second kappa shape index (κ2) is 9.82. The van der Waals surface area contributed by atoms with Crippen LogP contribution in [0.4, 0.5) is 0 Å². The summed E-state index contributed by atoms with van der Waals surface area (Å²) >= 11 is 5.87. The van der Waals surface area contributed by atoms with Crippen LogP contribution in [0.25, 0.3) is 6.08 Å². The molecule has 1 amide bonds. The number of hydrogen-bond acceptors (Lipinski definition) is 3. The summed E-state index contributed by atoms with van der Waals surface area (Å²) in [5, 5.41) is 3.31. The van der Waals surface area contributed by atoms with Crippen LogP contribution in [0.1, 0.15) is 25.8 Å². The Bertz CT molecular complexity index is 828. The Balaban J connectivity index is 1.79. The van der Waals surface area contributed by atoms with E-state index in [1.807, 2.05) is 38.1 Å². The Kier molecular flexibility index (Phi) is 7.48. The first-order chi connectivity index (χ1) is 12.4. The van der Waals surface area contributed by atoms with Gasteiger partial charge in [-0.15, -0.1) is 0 Å². The van der Waals surface area contributed by atoms with Crippen molar-refractivity contribution in [2.75, 3.05) is 6.54 Å². The highest BCUT2D eigenvalue weighted by molar-refractivity contribution is 6.30. The van der Waals surface area contributed by atoms with Gasteiger partial charge in [-0.1, -0.05) is 23.7 Å². The molecule has 0 saturated heterocycles. The third-order valence-electron chi connectivity index (χ3n) is 3.48. The average Bonchev–Trinajstić information content (AvgIpc) is 2.59. The average molecular weight is 375 g/mol. The maximum absolute atomic E-state index is 11.9. The van der Waals surface area contributed by atoms with Crippen molar-refractivity contribution < 1.29 is 9.53 Å². The van der Waals surface area contributed by atoms with Crippen LogP contribution in [0.5, 0.6) is 5.75 Å². The maximum atomic E-state index is 11.9. The molecular formula is C20H23ClN2O3. The first-order valence-electron chi connectivity index (χ1n) is 8.52. The molecule has 1 aromatic heterocycles. The van der Waals surface area contributed by atoms with E-state index in [0.717, 1.165) is 11.3 Å². The first-order valence-corrected chi connectivity index (χ1v) is 8.90. The van der Waals surface area contributed by atoms with E-state index in [1.54, 1.807) is 18.3 Å². The van der Waals surface area contributed by atoms with Crippen LogP contribution in [-0.4, -0.2) is 23.1 Å². The number of pyridine rings is 1. The minimum Gasteiger partial charge on any atom is -0.491 e. The van der Waals surface area contributed by atoms with Crippen LogP contribution in [0.15, 0.2) is 53.5 Å². The molecule has 2 rings (SSSR count). The highest BCUT2D eigenvalue weighted by Crippen LogP contribution is 2.15. The smallest absolute Gasteiger partial charge is 0.250 e. The molecule has 138 valence electrons. The fourth-order valence-electron chi connectivity index (χ4n) is 2.33. The molecule has 26 heavy (non-hydrogen) atoms. The van der Waals surface area contributed by atoms with E-state index in [-0.39, 0.29) is 17.6 Å². The Morgan fingerprint density at radius 1 is 1.31 bits per heavy atom. The zero-order chi connectivity index (χ0) is 18.9. The number of nitrogens with one attached hydrogen (secondary N) is 1. The highest BCUT2D eigenvalue weighted by atomic mass is 35.5. The minimum absolute atomic E-state index is 0.101. The lowest BCUT2D eigenvalue weighted by Gasteiger charge is -2.09. The number of benzene rings is 1. The summed E-state index contributed by atoms with van der Waals surface area (Å²) in [6.45, 7) is 4.90. The van der Waals surface area contributed by atoms with Crippen LogP contribution in [0, 0.1) is 0 Å². The molecular weight excluding hydrogens is 352 g/mol. The van der Waals surface area contributed by atoms with E-state index in [0.29, 0.717) is 24.5 Å². The molecule has 5 nitrogen and oxygen atoms in total. The topological polar surface area (TPSA) is 60.3 Å². The third kappa shape index (κ3) is 6.76. The van der Waals surface area contributed by atoms with Gasteiger partial charge in [-0.3, -0.25) is 9.59 Å². The summed E-state index contributed by atoms with van der Waals surface area (Å²) in [5.74, 6) is 0.591. The number of hydrogen-bond donors (Lipinski definition) is 1. The summed E-state index contributed by atoms with van der Waals surface area (Å²) in [6, 6.07) is 10.6. The van der Waals surface area contributed by atoms with Crippen LogP contribution in [-0.2, 0) is 11.3 Å². The van der Waals surface area contributed by atoms with Crippen molar-refractivity contribution in [1.82, 2.24) is 9.88 Å². The molecule has 0 radical (unpaired) electrons. The fourth-order valence-corrected chi connectivity index (χ4v) is 2.51. The van der Waals surface area contributed by atoms with Crippen LogP contribution in [0.3, 0.4) is 0 Å². The van der Waals surface area contributed by atoms with Gasteiger partial charge in [0.2, 0.25) is 5.91 Å². The van der Waals surface area contributed by atoms with Gasteiger partial charge in [0.05, 0.1) is 11.1 Å². The molecule has 0 aliphatic rings. The number of carbonyl (C=O) groups is 1. The Morgan fingerprint density at radius 2 is 2.12 bits per heavy atom. The van der Waals surface area contributed by atoms with Crippen molar-refractivity contribution in [2.24, 2.45) is 0 Å². The van der Waals surface area contributed by atoms with Crippen molar-refractivity contribution in [3.05, 3.63) is 69.6 Å². The van der Waals surface area contributed by atoms with Gasteiger partial charge in [0, 0.05) is 31.4 Å². The van der Waals surface area contributed by atoms with E-state index < -0.39 is 0 Å². The van der Waals surface area contributed by atoms with Gasteiger partial charge in [0.1, 0.15) is 5.75 Å². The number of aryl methyl sites for hydroxylation is 1. The zero-order valence-electron chi connectivity index (χ0n) is 14.9. The van der Waals surface area contributed by atoms with Crippen LogP contribution in [0.2, 0.25) is 5.02 Å². The summed E-state index contributed by atoms with van der Waals surface area (Å²) in [6.07, 6.45) is 5.56. The Labute approximate surface area is 158 Å². The number of aromatic nitrogens is 1. The van der Waals surface area contributed by atoms with E-state index in [9.17, 15) is 9.59 Å². The first kappa shape index (κ1) is 19.8. The van der Waals surface area contributed by atoms with E-state index in [4.69, 9.17) is 16.3 Å². The number of ether oxygens (including phenoxy) is 1. The zero-order valence-corrected chi connectivity index (χ0v) is 15.7. The minimum atomic E-state index is -0.182. The van der Waals surface area contributed by atoms with Crippen molar-refractivity contribution in [3.8, 4) is 5.75 Å². The standard InChI is InChI=1S/C20H23ClN2O3/c1-15(2)26-18-6-3-5-16(13-18)7-9-19(24)22-11-4-12-23-14-17(21)8-10-20(23)25/h3,5-10,13-15H,4,11-12H2,1-2H3,(H,22,24)/b9-7+. The largest absolute Gasteiger partial charge is 0.491 e. The molecule has 1 N–H and O–H groups in total. The number of halogens is 1. The van der Waals surface area contributed by atoms with Gasteiger partial charge in [-0.25, -0.2) is 0 Å². The molecule has 1 heterocycles. The Hall–Kier alpha value is -2.53. The van der Waals surface area contributed by atoms with E-state index in [2.05, 4.69) is 5.32 Å². The summed E-state index contributed by atoms with van der Waals surface area (Å²) in [5.41, 5.74) is 0.785. The van der Waals surface area contributed by atoms with Crippen molar-refractivity contribution in [1.29, 1.82) is 0 Å². The second-order valence-corrected chi connectivity index (χ2v) is 6.53. The van der Waals surface area contributed by atoms with Gasteiger partial charge in [0.25, 0.3) is 5.56 Å². The molecule has 0 atom stereocenters. The molecule has 0 bridgehead atoms. The summed E-state index contributed by atoms with van der Waals surface area (Å²) in [7, 11) is 0.